The SMILES string of the molecule is COc1c(B2OC(C)(C)C(C)(C)O2)cccc1N(C(=O)O)C(C)(C)C. The molecule has 0 spiro atoms. The topological polar surface area (TPSA) is 68.2 Å². The van der Waals surface area contributed by atoms with Crippen molar-refractivity contribution < 1.29 is 23.9 Å². The van der Waals surface area contributed by atoms with Gasteiger partial charge in [-0.25, -0.2) is 4.79 Å². The standard InChI is InChI=1S/C18H28BNO5/c1-16(2,3)20(15(21)22)13-11-9-10-12(14(13)23-8)19-24-17(4,5)18(6,7)25-19/h9-11H,1-8H3,(H,21,22). The van der Waals surface area contributed by atoms with Crippen molar-refractivity contribution in [1.29, 1.82) is 0 Å². The van der Waals surface area contributed by atoms with Crippen LogP contribution in [0.4, 0.5) is 10.5 Å². The van der Waals surface area contributed by atoms with Gasteiger partial charge < -0.3 is 19.2 Å². The Hall–Kier alpha value is -1.73. The van der Waals surface area contributed by atoms with Crippen LogP contribution in [0.5, 0.6) is 5.75 Å². The van der Waals surface area contributed by atoms with Gasteiger partial charge in [0.25, 0.3) is 0 Å². The number of ether oxygens (including phenoxy) is 1. The number of hydrogen-bond donors (Lipinski definition) is 1. The zero-order chi connectivity index (χ0) is 19.2. The minimum absolute atomic E-state index is 0.443. The zero-order valence-electron chi connectivity index (χ0n) is 16.3. The van der Waals surface area contributed by atoms with Gasteiger partial charge in [0.15, 0.2) is 0 Å². The van der Waals surface area contributed by atoms with Gasteiger partial charge in [-0.05, 0) is 54.5 Å². The van der Waals surface area contributed by atoms with Crippen LogP contribution < -0.4 is 15.1 Å². The second kappa shape index (κ2) is 6.22. The summed E-state index contributed by atoms with van der Waals surface area (Å²) in [6, 6.07) is 5.36. The van der Waals surface area contributed by atoms with E-state index in [-0.39, 0.29) is 0 Å². The lowest BCUT2D eigenvalue weighted by Gasteiger charge is -2.34. The molecule has 0 atom stereocenters. The molecule has 25 heavy (non-hydrogen) atoms. The Kier molecular flexibility index (Phi) is 4.87. The Morgan fingerprint density at radius 2 is 1.68 bits per heavy atom. The fraction of sp³-hybridized carbons (Fsp3) is 0.611. The molecular weight excluding hydrogens is 321 g/mol. The number of anilines is 1. The van der Waals surface area contributed by atoms with Crippen LogP contribution in [0.3, 0.4) is 0 Å². The number of benzene rings is 1. The van der Waals surface area contributed by atoms with Gasteiger partial charge in [-0.1, -0.05) is 12.1 Å². The fourth-order valence-corrected chi connectivity index (χ4v) is 2.85. The molecule has 1 fully saturated rings. The highest BCUT2D eigenvalue weighted by Crippen LogP contribution is 2.39. The van der Waals surface area contributed by atoms with Crippen LogP contribution in [0.15, 0.2) is 18.2 Å². The summed E-state index contributed by atoms with van der Waals surface area (Å²) in [5.74, 6) is 0.443. The van der Waals surface area contributed by atoms with Gasteiger partial charge in [-0.15, -0.1) is 0 Å². The van der Waals surface area contributed by atoms with Crippen molar-refractivity contribution in [2.45, 2.75) is 65.2 Å². The number of methoxy groups -OCH3 is 1. The maximum atomic E-state index is 11.9. The predicted molar refractivity (Wildman–Crippen MR) is 99.0 cm³/mol. The third-order valence-corrected chi connectivity index (χ3v) is 4.84. The van der Waals surface area contributed by atoms with Gasteiger partial charge in [0.1, 0.15) is 5.75 Å². The van der Waals surface area contributed by atoms with Crippen molar-refractivity contribution in [3.8, 4) is 5.75 Å². The van der Waals surface area contributed by atoms with Crippen molar-refractivity contribution in [3.05, 3.63) is 18.2 Å². The second-order valence-electron chi connectivity index (χ2n) is 8.28. The Labute approximate surface area is 150 Å². The quantitative estimate of drug-likeness (QED) is 0.849. The van der Waals surface area contributed by atoms with Crippen molar-refractivity contribution in [3.63, 3.8) is 0 Å². The first-order valence-electron chi connectivity index (χ1n) is 8.37. The number of carbonyl (C=O) groups is 1. The Balaban J connectivity index is 2.55. The molecule has 7 heteroatoms. The Bertz CT molecular complexity index is 650. The van der Waals surface area contributed by atoms with Crippen LogP contribution in [-0.4, -0.2) is 42.2 Å². The van der Waals surface area contributed by atoms with Crippen LogP contribution in [0, 0.1) is 0 Å². The van der Waals surface area contributed by atoms with Crippen LogP contribution in [0.25, 0.3) is 0 Å². The third kappa shape index (κ3) is 3.48. The zero-order valence-corrected chi connectivity index (χ0v) is 16.3. The lowest BCUT2D eigenvalue weighted by Crippen LogP contribution is -2.46. The molecule has 0 aromatic heterocycles. The molecule has 1 N–H and O–H groups in total. The maximum Gasteiger partial charge on any atom is 0.498 e. The molecule has 6 nitrogen and oxygen atoms in total. The monoisotopic (exact) mass is 349 g/mol. The lowest BCUT2D eigenvalue weighted by molar-refractivity contribution is 0.00578. The van der Waals surface area contributed by atoms with Gasteiger partial charge in [0.05, 0.1) is 24.0 Å². The summed E-state index contributed by atoms with van der Waals surface area (Å²) in [6.07, 6.45) is -1.04. The largest absolute Gasteiger partial charge is 0.498 e. The van der Waals surface area contributed by atoms with Gasteiger partial charge in [-0.3, -0.25) is 4.90 Å². The molecule has 0 saturated carbocycles. The van der Waals surface area contributed by atoms with Gasteiger partial charge in [0.2, 0.25) is 0 Å². The molecule has 0 unspecified atom stereocenters. The molecule has 138 valence electrons. The average molecular weight is 349 g/mol. The van der Waals surface area contributed by atoms with E-state index in [1.165, 1.54) is 12.0 Å². The van der Waals surface area contributed by atoms with Crippen LogP contribution in [0.1, 0.15) is 48.5 Å². The van der Waals surface area contributed by atoms with E-state index in [9.17, 15) is 9.90 Å². The van der Waals surface area contributed by atoms with E-state index in [0.717, 1.165) is 0 Å². The van der Waals surface area contributed by atoms with Crippen LogP contribution in [-0.2, 0) is 9.31 Å². The molecule has 1 amide bonds. The summed E-state index contributed by atoms with van der Waals surface area (Å²) in [7, 11) is 0.895. The molecule has 1 aliphatic rings. The number of rotatable bonds is 3. The van der Waals surface area contributed by atoms with E-state index in [2.05, 4.69) is 0 Å². The van der Waals surface area contributed by atoms with Crippen molar-refractivity contribution in [2.75, 3.05) is 12.0 Å². The number of carboxylic acid groups (broad SMARTS) is 1. The van der Waals surface area contributed by atoms with E-state index >= 15 is 0 Å². The summed E-state index contributed by atoms with van der Waals surface area (Å²) in [5.41, 5.74) is -0.471. The Morgan fingerprint density at radius 1 is 1.16 bits per heavy atom. The summed E-state index contributed by atoms with van der Waals surface area (Å²) < 4.78 is 17.8. The number of para-hydroxylation sites is 1. The smallest absolute Gasteiger partial charge is 0.495 e. The summed E-state index contributed by atoms with van der Waals surface area (Å²) in [5, 5.41) is 9.71. The second-order valence-corrected chi connectivity index (χ2v) is 8.28. The maximum absolute atomic E-state index is 11.9. The van der Waals surface area contributed by atoms with E-state index in [4.69, 9.17) is 14.0 Å². The third-order valence-electron chi connectivity index (χ3n) is 4.84. The minimum atomic E-state index is -1.04. The fourth-order valence-electron chi connectivity index (χ4n) is 2.85. The Morgan fingerprint density at radius 3 is 2.08 bits per heavy atom. The van der Waals surface area contributed by atoms with E-state index in [1.54, 1.807) is 12.1 Å². The molecule has 1 aromatic rings. The molecule has 1 heterocycles. The van der Waals surface area contributed by atoms with Gasteiger partial charge in [0, 0.05) is 11.0 Å². The lowest BCUT2D eigenvalue weighted by atomic mass is 9.77. The normalized spacial score (nSPS) is 19.0. The minimum Gasteiger partial charge on any atom is -0.495 e. The van der Waals surface area contributed by atoms with E-state index < -0.39 is 30.0 Å². The van der Waals surface area contributed by atoms with E-state index in [0.29, 0.717) is 16.9 Å². The van der Waals surface area contributed by atoms with Gasteiger partial charge in [-0.2, -0.15) is 0 Å². The number of amides is 1. The van der Waals surface area contributed by atoms with Gasteiger partial charge >= 0.3 is 13.2 Å². The molecule has 0 aliphatic carbocycles. The molecule has 1 aromatic carbocycles. The van der Waals surface area contributed by atoms with Crippen LogP contribution in [0.2, 0.25) is 0 Å². The average Bonchev–Trinajstić information content (AvgIpc) is 2.65. The highest BCUT2D eigenvalue weighted by molar-refractivity contribution is 6.63. The first-order valence-corrected chi connectivity index (χ1v) is 8.37. The molecule has 2 rings (SSSR count). The number of nitrogens with zero attached hydrogens (tertiary/aromatic N) is 1. The highest BCUT2D eigenvalue weighted by atomic mass is 16.7. The summed E-state index contributed by atoms with van der Waals surface area (Å²) in [6.45, 7) is 13.4. The molecule has 1 aliphatic heterocycles. The molecular formula is C18H28BNO5. The highest BCUT2D eigenvalue weighted by Gasteiger charge is 2.52. The predicted octanol–water partition coefficient (Wildman–Crippen LogP) is 3.28. The summed E-state index contributed by atoms with van der Waals surface area (Å²) >= 11 is 0. The van der Waals surface area contributed by atoms with Crippen molar-refractivity contribution in [2.24, 2.45) is 0 Å². The summed E-state index contributed by atoms with van der Waals surface area (Å²) in [4.78, 5) is 13.2. The first-order chi connectivity index (χ1) is 11.3. The van der Waals surface area contributed by atoms with Crippen molar-refractivity contribution >= 4 is 24.4 Å². The number of hydrogen-bond acceptors (Lipinski definition) is 4. The van der Waals surface area contributed by atoms with E-state index in [1.807, 2.05) is 54.5 Å². The van der Waals surface area contributed by atoms with Crippen molar-refractivity contribution in [1.82, 2.24) is 0 Å². The molecule has 1 saturated heterocycles. The molecule has 0 radical (unpaired) electrons. The van der Waals surface area contributed by atoms with Crippen LogP contribution >= 0.6 is 0 Å². The molecule has 0 bridgehead atoms. The first kappa shape index (κ1) is 19.6.